The number of hydrogen-bond donors (Lipinski definition) is 2. The predicted molar refractivity (Wildman–Crippen MR) is 70.9 cm³/mol. The molecule has 0 aliphatic rings. The standard InChI is InChI=1S/C13H17N3O3/c1-8(14-2)7-10-15-11(13(17)18)12-9(19-3)5-4-6-16(10)12/h4-6,8,14H,7H2,1-3H3,(H,17,18). The monoisotopic (exact) mass is 263 g/mol. The zero-order valence-electron chi connectivity index (χ0n) is 11.2. The summed E-state index contributed by atoms with van der Waals surface area (Å²) >= 11 is 0. The first-order valence-corrected chi connectivity index (χ1v) is 6.03. The molecule has 0 aliphatic carbocycles. The van der Waals surface area contributed by atoms with Gasteiger partial charge in [0.2, 0.25) is 0 Å². The highest BCUT2D eigenvalue weighted by atomic mass is 16.5. The number of rotatable bonds is 5. The van der Waals surface area contributed by atoms with Gasteiger partial charge < -0.3 is 15.2 Å². The van der Waals surface area contributed by atoms with Crippen LogP contribution in [0.1, 0.15) is 23.2 Å². The zero-order chi connectivity index (χ0) is 14.0. The van der Waals surface area contributed by atoms with Gasteiger partial charge >= 0.3 is 5.97 Å². The van der Waals surface area contributed by atoms with E-state index in [0.29, 0.717) is 23.5 Å². The minimum Gasteiger partial charge on any atom is -0.494 e. The normalized spacial score (nSPS) is 12.6. The van der Waals surface area contributed by atoms with Gasteiger partial charge in [0.05, 0.1) is 7.11 Å². The number of nitrogens with one attached hydrogen (secondary N) is 1. The van der Waals surface area contributed by atoms with E-state index in [4.69, 9.17) is 4.74 Å². The van der Waals surface area contributed by atoms with E-state index in [0.717, 1.165) is 0 Å². The number of fused-ring (bicyclic) bond motifs is 1. The lowest BCUT2D eigenvalue weighted by Gasteiger charge is -2.09. The number of imidazole rings is 1. The molecule has 0 fully saturated rings. The van der Waals surface area contributed by atoms with Gasteiger partial charge in [0, 0.05) is 18.7 Å². The minimum atomic E-state index is -1.05. The first-order valence-electron chi connectivity index (χ1n) is 6.03. The highest BCUT2D eigenvalue weighted by molar-refractivity contribution is 5.95. The van der Waals surface area contributed by atoms with E-state index >= 15 is 0 Å². The van der Waals surface area contributed by atoms with E-state index < -0.39 is 5.97 Å². The van der Waals surface area contributed by atoms with Crippen LogP contribution in [0.4, 0.5) is 0 Å². The minimum absolute atomic E-state index is 0.0238. The molecule has 0 spiro atoms. The molecule has 6 heteroatoms. The summed E-state index contributed by atoms with van der Waals surface area (Å²) in [5, 5.41) is 12.4. The molecule has 0 saturated heterocycles. The van der Waals surface area contributed by atoms with Gasteiger partial charge in [-0.2, -0.15) is 0 Å². The van der Waals surface area contributed by atoms with Gasteiger partial charge in [0.25, 0.3) is 0 Å². The summed E-state index contributed by atoms with van der Waals surface area (Å²) in [7, 11) is 3.38. The summed E-state index contributed by atoms with van der Waals surface area (Å²) < 4.78 is 7.00. The maximum Gasteiger partial charge on any atom is 0.356 e. The third kappa shape index (κ3) is 2.39. The summed E-state index contributed by atoms with van der Waals surface area (Å²) in [6.45, 7) is 2.02. The number of carboxylic acid groups (broad SMARTS) is 1. The van der Waals surface area contributed by atoms with E-state index in [-0.39, 0.29) is 11.7 Å². The highest BCUT2D eigenvalue weighted by Gasteiger charge is 2.20. The summed E-state index contributed by atoms with van der Waals surface area (Å²) in [5.41, 5.74) is 0.520. The van der Waals surface area contributed by atoms with Crippen molar-refractivity contribution in [1.29, 1.82) is 0 Å². The molecular formula is C13H17N3O3. The largest absolute Gasteiger partial charge is 0.494 e. The maximum absolute atomic E-state index is 11.3. The maximum atomic E-state index is 11.3. The smallest absolute Gasteiger partial charge is 0.356 e. The van der Waals surface area contributed by atoms with Crippen LogP contribution in [-0.2, 0) is 6.42 Å². The van der Waals surface area contributed by atoms with Crippen LogP contribution in [0.15, 0.2) is 18.3 Å². The summed E-state index contributed by atoms with van der Waals surface area (Å²) in [5.74, 6) is 0.161. The van der Waals surface area contributed by atoms with Gasteiger partial charge in [-0.1, -0.05) is 0 Å². The third-order valence-electron chi connectivity index (χ3n) is 3.10. The average Bonchev–Trinajstić information content (AvgIpc) is 2.77. The SMILES string of the molecule is CNC(C)Cc1nc(C(=O)O)c2c(OC)cccn12. The molecule has 2 N–H and O–H groups in total. The summed E-state index contributed by atoms with van der Waals surface area (Å²) in [6.07, 6.45) is 2.44. The topological polar surface area (TPSA) is 75.9 Å². The lowest BCUT2D eigenvalue weighted by molar-refractivity contribution is 0.0693. The lowest BCUT2D eigenvalue weighted by atomic mass is 10.2. The number of carboxylic acids is 1. The molecule has 0 saturated carbocycles. The Morgan fingerprint density at radius 1 is 1.63 bits per heavy atom. The molecule has 2 rings (SSSR count). The molecule has 0 amide bonds. The molecule has 19 heavy (non-hydrogen) atoms. The van der Waals surface area contributed by atoms with Gasteiger partial charge in [-0.05, 0) is 26.1 Å². The molecule has 1 atom stereocenters. The van der Waals surface area contributed by atoms with Crippen molar-refractivity contribution in [1.82, 2.24) is 14.7 Å². The van der Waals surface area contributed by atoms with Crippen molar-refractivity contribution < 1.29 is 14.6 Å². The van der Waals surface area contributed by atoms with Gasteiger partial charge in [-0.25, -0.2) is 9.78 Å². The Hall–Kier alpha value is -2.08. The first-order chi connectivity index (χ1) is 9.08. The van der Waals surface area contributed by atoms with E-state index in [2.05, 4.69) is 10.3 Å². The number of methoxy groups -OCH3 is 1. The number of pyridine rings is 1. The van der Waals surface area contributed by atoms with Crippen molar-refractivity contribution in [2.75, 3.05) is 14.2 Å². The molecule has 0 bridgehead atoms. The number of aromatic nitrogens is 2. The zero-order valence-corrected chi connectivity index (χ0v) is 11.2. The third-order valence-corrected chi connectivity index (χ3v) is 3.10. The van der Waals surface area contributed by atoms with E-state index in [1.165, 1.54) is 7.11 Å². The molecule has 2 aromatic rings. The van der Waals surface area contributed by atoms with Crippen molar-refractivity contribution in [3.05, 3.63) is 29.8 Å². The lowest BCUT2D eigenvalue weighted by Crippen LogP contribution is -2.24. The Labute approximate surface area is 111 Å². The molecule has 0 aliphatic heterocycles. The van der Waals surface area contributed by atoms with Crippen molar-refractivity contribution in [3.63, 3.8) is 0 Å². The molecule has 6 nitrogen and oxygen atoms in total. The fourth-order valence-corrected chi connectivity index (χ4v) is 2.00. The summed E-state index contributed by atoms with van der Waals surface area (Å²) in [4.78, 5) is 15.5. The van der Waals surface area contributed by atoms with E-state index in [9.17, 15) is 9.90 Å². The van der Waals surface area contributed by atoms with Crippen LogP contribution in [0.25, 0.3) is 5.52 Å². The Bertz CT molecular complexity index is 606. The van der Waals surface area contributed by atoms with Crippen molar-refractivity contribution in [2.45, 2.75) is 19.4 Å². The fourth-order valence-electron chi connectivity index (χ4n) is 2.00. The molecule has 0 aromatic carbocycles. The molecule has 0 radical (unpaired) electrons. The van der Waals surface area contributed by atoms with Crippen LogP contribution >= 0.6 is 0 Å². The average molecular weight is 263 g/mol. The molecular weight excluding hydrogens is 246 g/mol. The Balaban J connectivity index is 2.63. The molecule has 1 unspecified atom stereocenters. The van der Waals surface area contributed by atoms with E-state index in [1.807, 2.05) is 20.0 Å². The van der Waals surface area contributed by atoms with Crippen molar-refractivity contribution in [2.24, 2.45) is 0 Å². The second-order valence-electron chi connectivity index (χ2n) is 4.37. The van der Waals surface area contributed by atoms with Crippen molar-refractivity contribution in [3.8, 4) is 5.75 Å². The molecule has 102 valence electrons. The van der Waals surface area contributed by atoms with Crippen LogP contribution in [-0.4, -0.2) is 40.7 Å². The van der Waals surface area contributed by atoms with Gasteiger partial charge in [-0.15, -0.1) is 0 Å². The molecule has 2 heterocycles. The highest BCUT2D eigenvalue weighted by Crippen LogP contribution is 2.24. The molecule has 2 aromatic heterocycles. The van der Waals surface area contributed by atoms with Gasteiger partial charge in [0.1, 0.15) is 17.1 Å². The van der Waals surface area contributed by atoms with Crippen LogP contribution in [0.2, 0.25) is 0 Å². The number of nitrogens with zero attached hydrogens (tertiary/aromatic N) is 2. The van der Waals surface area contributed by atoms with Crippen LogP contribution in [0, 0.1) is 0 Å². The number of carbonyl (C=O) groups is 1. The van der Waals surface area contributed by atoms with Crippen LogP contribution < -0.4 is 10.1 Å². The second-order valence-corrected chi connectivity index (χ2v) is 4.37. The first kappa shape index (κ1) is 13.4. The van der Waals surface area contributed by atoms with Gasteiger partial charge in [0.15, 0.2) is 5.69 Å². The van der Waals surface area contributed by atoms with Crippen molar-refractivity contribution >= 4 is 11.5 Å². The van der Waals surface area contributed by atoms with Crippen LogP contribution in [0.5, 0.6) is 5.75 Å². The second kappa shape index (κ2) is 5.27. The Morgan fingerprint density at radius 3 is 2.95 bits per heavy atom. The number of ether oxygens (including phenoxy) is 1. The Kier molecular flexibility index (Phi) is 3.71. The van der Waals surface area contributed by atoms with Gasteiger partial charge in [-0.3, -0.25) is 4.40 Å². The van der Waals surface area contributed by atoms with Crippen LogP contribution in [0.3, 0.4) is 0 Å². The number of hydrogen-bond acceptors (Lipinski definition) is 4. The predicted octanol–water partition coefficient (Wildman–Crippen LogP) is 1.19. The fraction of sp³-hybridized carbons (Fsp3) is 0.385. The van der Waals surface area contributed by atoms with E-state index in [1.54, 1.807) is 16.7 Å². The quantitative estimate of drug-likeness (QED) is 0.847. The summed E-state index contributed by atoms with van der Waals surface area (Å²) in [6, 6.07) is 3.75. The number of aromatic carboxylic acids is 1. The Morgan fingerprint density at radius 2 is 2.37 bits per heavy atom. The number of likely N-dealkylation sites (N-methyl/N-ethyl adjacent to an activating group) is 1.